The summed E-state index contributed by atoms with van der Waals surface area (Å²) in [6.07, 6.45) is 4.91. The molecule has 0 radical (unpaired) electrons. The van der Waals surface area contributed by atoms with E-state index in [0.29, 0.717) is 0 Å². The smallest absolute Gasteiger partial charge is 0.0480 e. The molecule has 0 aliphatic carbocycles. The molecule has 2 heteroatoms. The lowest BCUT2D eigenvalue weighted by Crippen LogP contribution is -2.32. The zero-order valence-electron chi connectivity index (χ0n) is 9.52. The minimum absolute atomic E-state index is 0.796. The average Bonchev–Trinajstić information content (AvgIpc) is 2.74. The number of fused-ring (bicyclic) bond motifs is 1. The van der Waals surface area contributed by atoms with E-state index in [1.165, 1.54) is 36.8 Å². The first-order chi connectivity index (χ1) is 7.93. The van der Waals surface area contributed by atoms with Gasteiger partial charge in [-0.1, -0.05) is 18.2 Å². The molecule has 0 amide bonds. The molecule has 1 aliphatic rings. The summed E-state index contributed by atoms with van der Waals surface area (Å²) in [5.41, 5.74) is 1.37. The Kier molecular flexibility index (Phi) is 2.66. The van der Waals surface area contributed by atoms with Gasteiger partial charge in [0, 0.05) is 18.3 Å². The van der Waals surface area contributed by atoms with Crippen LogP contribution in [-0.4, -0.2) is 17.7 Å². The highest BCUT2D eigenvalue weighted by atomic mass is 15.0. The summed E-state index contributed by atoms with van der Waals surface area (Å²) in [6.45, 7) is 3.52. The van der Waals surface area contributed by atoms with Gasteiger partial charge in [0.25, 0.3) is 0 Å². The van der Waals surface area contributed by atoms with Gasteiger partial charge >= 0.3 is 0 Å². The van der Waals surface area contributed by atoms with Crippen molar-refractivity contribution in [1.82, 2.24) is 9.88 Å². The summed E-state index contributed by atoms with van der Waals surface area (Å²) in [4.78, 5) is 0. The van der Waals surface area contributed by atoms with E-state index >= 15 is 0 Å². The van der Waals surface area contributed by atoms with Crippen molar-refractivity contribution in [3.63, 3.8) is 0 Å². The van der Waals surface area contributed by atoms with Crippen LogP contribution in [0.2, 0.25) is 0 Å². The van der Waals surface area contributed by atoms with Crippen LogP contribution in [0.4, 0.5) is 0 Å². The third-order valence-corrected chi connectivity index (χ3v) is 3.53. The molecule has 3 rings (SSSR count). The second-order valence-corrected chi connectivity index (χ2v) is 4.74. The van der Waals surface area contributed by atoms with Gasteiger partial charge in [-0.05, 0) is 49.4 Å². The zero-order chi connectivity index (χ0) is 10.8. The van der Waals surface area contributed by atoms with Crippen LogP contribution >= 0.6 is 0 Å². The topological polar surface area (TPSA) is 17.0 Å². The Labute approximate surface area is 96.3 Å². The maximum atomic E-state index is 3.48. The largest absolute Gasteiger partial charge is 0.347 e. The lowest BCUT2D eigenvalue weighted by molar-refractivity contribution is 0.341. The van der Waals surface area contributed by atoms with Gasteiger partial charge in [-0.2, -0.15) is 0 Å². The second kappa shape index (κ2) is 4.30. The van der Waals surface area contributed by atoms with Crippen LogP contribution in [0.25, 0.3) is 10.9 Å². The molecule has 2 aromatic rings. The highest BCUT2D eigenvalue weighted by Crippen LogP contribution is 2.19. The van der Waals surface area contributed by atoms with Gasteiger partial charge < -0.3 is 9.88 Å². The van der Waals surface area contributed by atoms with Crippen LogP contribution in [0.15, 0.2) is 36.5 Å². The zero-order valence-corrected chi connectivity index (χ0v) is 9.52. The number of hydrogen-bond donors (Lipinski definition) is 1. The maximum absolute atomic E-state index is 3.48. The molecule has 0 bridgehead atoms. The van der Waals surface area contributed by atoms with Gasteiger partial charge in [-0.25, -0.2) is 0 Å². The maximum Gasteiger partial charge on any atom is 0.0480 e. The van der Waals surface area contributed by atoms with Crippen molar-refractivity contribution < 1.29 is 0 Å². The van der Waals surface area contributed by atoms with Crippen molar-refractivity contribution in [1.29, 1.82) is 0 Å². The Morgan fingerprint density at radius 3 is 3.06 bits per heavy atom. The molecule has 0 saturated carbocycles. The fourth-order valence-corrected chi connectivity index (χ4v) is 2.66. The highest BCUT2D eigenvalue weighted by molar-refractivity contribution is 5.79. The monoisotopic (exact) mass is 214 g/mol. The van der Waals surface area contributed by atoms with Crippen molar-refractivity contribution in [3.8, 4) is 0 Å². The van der Waals surface area contributed by atoms with Gasteiger partial charge in [0.05, 0.1) is 0 Å². The number of rotatable bonds is 2. The van der Waals surface area contributed by atoms with Crippen molar-refractivity contribution in [2.24, 2.45) is 5.92 Å². The second-order valence-electron chi connectivity index (χ2n) is 4.74. The molecule has 1 aliphatic heterocycles. The Balaban J connectivity index is 1.83. The molecule has 1 aromatic heterocycles. The SMILES string of the molecule is c1ccc2c(c1)ccn2C[C@@H]1CCCNC1. The van der Waals surface area contributed by atoms with E-state index < -0.39 is 0 Å². The van der Waals surface area contributed by atoms with Crippen molar-refractivity contribution in [2.45, 2.75) is 19.4 Å². The van der Waals surface area contributed by atoms with Crippen LogP contribution in [0, 0.1) is 5.92 Å². The Morgan fingerprint density at radius 1 is 1.25 bits per heavy atom. The van der Waals surface area contributed by atoms with E-state index in [2.05, 4.69) is 46.4 Å². The highest BCUT2D eigenvalue weighted by Gasteiger charge is 2.13. The molecule has 1 saturated heterocycles. The molecular formula is C14H18N2. The standard InChI is InChI=1S/C14H18N2/c1-2-6-14-13(5-1)7-9-16(14)11-12-4-3-8-15-10-12/h1-2,5-7,9,12,15H,3-4,8,10-11H2/t12-/m1/s1. The van der Waals surface area contributed by atoms with Gasteiger partial charge in [0.1, 0.15) is 0 Å². The van der Waals surface area contributed by atoms with Gasteiger partial charge in [-0.3, -0.25) is 0 Å². The number of aromatic nitrogens is 1. The number of hydrogen-bond acceptors (Lipinski definition) is 1. The summed E-state index contributed by atoms with van der Waals surface area (Å²) < 4.78 is 2.40. The van der Waals surface area contributed by atoms with Gasteiger partial charge in [0.15, 0.2) is 0 Å². The molecule has 1 fully saturated rings. The number of nitrogens with zero attached hydrogens (tertiary/aromatic N) is 1. The van der Waals surface area contributed by atoms with E-state index in [1.807, 2.05) is 0 Å². The van der Waals surface area contributed by atoms with Crippen LogP contribution in [0.3, 0.4) is 0 Å². The Morgan fingerprint density at radius 2 is 2.19 bits per heavy atom. The van der Waals surface area contributed by atoms with Crippen molar-refractivity contribution in [3.05, 3.63) is 36.5 Å². The van der Waals surface area contributed by atoms with Crippen LogP contribution in [0.1, 0.15) is 12.8 Å². The van der Waals surface area contributed by atoms with Crippen LogP contribution in [-0.2, 0) is 6.54 Å². The number of nitrogens with one attached hydrogen (secondary N) is 1. The van der Waals surface area contributed by atoms with E-state index in [0.717, 1.165) is 12.5 Å². The molecule has 2 nitrogen and oxygen atoms in total. The quantitative estimate of drug-likeness (QED) is 0.813. The van der Waals surface area contributed by atoms with Crippen molar-refractivity contribution in [2.75, 3.05) is 13.1 Å². The van der Waals surface area contributed by atoms with Crippen LogP contribution < -0.4 is 5.32 Å². The summed E-state index contributed by atoms with van der Waals surface area (Å²) in [7, 11) is 0. The fourth-order valence-electron chi connectivity index (χ4n) is 2.66. The summed E-state index contributed by atoms with van der Waals surface area (Å²) in [6, 6.07) is 10.8. The third kappa shape index (κ3) is 1.85. The average molecular weight is 214 g/mol. The number of piperidine rings is 1. The van der Waals surface area contributed by atoms with Crippen molar-refractivity contribution >= 4 is 10.9 Å². The predicted octanol–water partition coefficient (Wildman–Crippen LogP) is 2.64. The minimum atomic E-state index is 0.796. The summed E-state index contributed by atoms with van der Waals surface area (Å²) in [5, 5.41) is 4.84. The van der Waals surface area contributed by atoms with Gasteiger partial charge in [0.2, 0.25) is 0 Å². The molecule has 2 heterocycles. The Hall–Kier alpha value is -1.28. The molecular weight excluding hydrogens is 196 g/mol. The molecule has 1 N–H and O–H groups in total. The molecule has 0 unspecified atom stereocenters. The summed E-state index contributed by atoms with van der Waals surface area (Å²) >= 11 is 0. The lowest BCUT2D eigenvalue weighted by atomic mass is 10.00. The molecule has 0 spiro atoms. The molecule has 84 valence electrons. The molecule has 1 atom stereocenters. The first-order valence-electron chi connectivity index (χ1n) is 6.18. The molecule has 1 aromatic carbocycles. The lowest BCUT2D eigenvalue weighted by Gasteiger charge is -2.23. The van der Waals surface area contributed by atoms with E-state index in [4.69, 9.17) is 0 Å². The van der Waals surface area contributed by atoms with E-state index in [9.17, 15) is 0 Å². The fraction of sp³-hybridized carbons (Fsp3) is 0.429. The third-order valence-electron chi connectivity index (χ3n) is 3.53. The normalized spacial score (nSPS) is 21.4. The first kappa shape index (κ1) is 9.91. The number of para-hydroxylation sites is 1. The molecule has 16 heavy (non-hydrogen) atoms. The summed E-state index contributed by atoms with van der Waals surface area (Å²) in [5.74, 6) is 0.796. The first-order valence-corrected chi connectivity index (χ1v) is 6.18. The van der Waals surface area contributed by atoms with E-state index in [-0.39, 0.29) is 0 Å². The minimum Gasteiger partial charge on any atom is -0.347 e. The van der Waals surface area contributed by atoms with Crippen LogP contribution in [0.5, 0.6) is 0 Å². The predicted molar refractivity (Wildman–Crippen MR) is 67.5 cm³/mol. The number of benzene rings is 1. The van der Waals surface area contributed by atoms with E-state index in [1.54, 1.807) is 0 Å². The van der Waals surface area contributed by atoms with Gasteiger partial charge in [-0.15, -0.1) is 0 Å². The Bertz CT molecular complexity index is 466.